The highest BCUT2D eigenvalue weighted by molar-refractivity contribution is 7.11. The van der Waals surface area contributed by atoms with Gasteiger partial charge in [-0.05, 0) is 12.1 Å². The first-order valence-corrected chi connectivity index (χ1v) is 11.3. The Balaban J connectivity index is 1.86. The summed E-state index contributed by atoms with van der Waals surface area (Å²) in [6, 6.07) is -1.35. The number of nitrogens with zero attached hydrogens (tertiary/aromatic N) is 3. The van der Waals surface area contributed by atoms with Gasteiger partial charge in [0.2, 0.25) is 0 Å². The molecule has 2 atom stereocenters. The number of amidine groups is 1. The van der Waals surface area contributed by atoms with Gasteiger partial charge in [-0.1, -0.05) is 11.6 Å². The van der Waals surface area contributed by atoms with E-state index in [1.54, 1.807) is 5.38 Å². The van der Waals surface area contributed by atoms with E-state index in [4.69, 9.17) is 16.3 Å². The fourth-order valence-electron chi connectivity index (χ4n) is 3.99. The molecule has 1 fully saturated rings. The van der Waals surface area contributed by atoms with Gasteiger partial charge in [0.25, 0.3) is 5.92 Å². The molecule has 1 aromatic heterocycles. The van der Waals surface area contributed by atoms with Gasteiger partial charge in [-0.3, -0.25) is 14.7 Å². The number of methoxy groups -OCH3 is 1. The number of aliphatic imine (C=N–C) groups is 1. The van der Waals surface area contributed by atoms with E-state index in [0.29, 0.717) is 5.01 Å². The molecule has 2 N–H and O–H groups in total. The molecule has 14 heteroatoms. The quantitative estimate of drug-likeness (QED) is 0.334. The maximum absolute atomic E-state index is 14.1. The lowest BCUT2D eigenvalue weighted by Crippen LogP contribution is -2.43. The van der Waals surface area contributed by atoms with Gasteiger partial charge in [0.1, 0.15) is 12.1 Å². The third-order valence-electron chi connectivity index (χ3n) is 5.51. The number of aromatic nitrogens is 1. The Hall–Kier alpha value is -3.03. The number of carboxylic acids is 1. The Morgan fingerprint density at radius 2 is 2.06 bits per heavy atom. The first kappa shape index (κ1) is 25.1. The van der Waals surface area contributed by atoms with Gasteiger partial charge in [-0.2, -0.15) is 0 Å². The topological polar surface area (TPSA) is 104 Å². The van der Waals surface area contributed by atoms with Gasteiger partial charge in [-0.25, -0.2) is 27.3 Å². The molecule has 2 aromatic rings. The minimum atomic E-state index is -3.27. The third kappa shape index (κ3) is 5.02. The van der Waals surface area contributed by atoms with E-state index in [1.807, 2.05) is 0 Å². The lowest BCUT2D eigenvalue weighted by molar-refractivity contribution is -0.142. The SMILES string of the molecule is COC(=O)C1=C(CN2CC(F)(F)CC2C(=O)O)NC(c2nccs2)=NC1c1cc(F)c(F)cc1Cl. The number of nitrogens with one attached hydrogen (secondary N) is 1. The molecule has 1 aromatic carbocycles. The van der Waals surface area contributed by atoms with Crippen molar-refractivity contribution in [2.75, 3.05) is 20.2 Å². The van der Waals surface area contributed by atoms with E-state index in [-0.39, 0.29) is 27.7 Å². The van der Waals surface area contributed by atoms with E-state index in [0.717, 1.165) is 35.5 Å². The predicted molar refractivity (Wildman–Crippen MR) is 117 cm³/mol. The zero-order chi connectivity index (χ0) is 25.5. The molecule has 186 valence electrons. The third-order valence-corrected chi connectivity index (χ3v) is 6.62. The monoisotopic (exact) mass is 532 g/mol. The molecule has 4 rings (SSSR count). The van der Waals surface area contributed by atoms with Crippen molar-refractivity contribution in [3.63, 3.8) is 0 Å². The summed E-state index contributed by atoms with van der Waals surface area (Å²) in [5.41, 5.74) is -0.313. The van der Waals surface area contributed by atoms with Crippen LogP contribution >= 0.6 is 22.9 Å². The second-order valence-corrected chi connectivity index (χ2v) is 9.13. The molecular formula is C21H17ClF4N4O4S. The summed E-state index contributed by atoms with van der Waals surface area (Å²) in [7, 11) is 1.07. The average molecular weight is 533 g/mol. The molecule has 0 aliphatic carbocycles. The van der Waals surface area contributed by atoms with Crippen molar-refractivity contribution >= 4 is 40.7 Å². The number of aliphatic carboxylic acids is 1. The molecule has 2 aliphatic heterocycles. The summed E-state index contributed by atoms with van der Waals surface area (Å²) in [4.78, 5) is 34.0. The Morgan fingerprint density at radius 3 is 2.69 bits per heavy atom. The highest BCUT2D eigenvalue weighted by atomic mass is 35.5. The van der Waals surface area contributed by atoms with E-state index in [2.05, 4.69) is 15.3 Å². The average Bonchev–Trinajstić information content (AvgIpc) is 3.43. The summed E-state index contributed by atoms with van der Waals surface area (Å²) < 4.78 is 60.9. The largest absolute Gasteiger partial charge is 0.480 e. The summed E-state index contributed by atoms with van der Waals surface area (Å²) in [5.74, 6) is -8.02. The molecule has 3 heterocycles. The molecule has 8 nitrogen and oxygen atoms in total. The second-order valence-electron chi connectivity index (χ2n) is 7.83. The molecule has 0 amide bonds. The number of halogens is 5. The predicted octanol–water partition coefficient (Wildman–Crippen LogP) is 3.39. The first-order chi connectivity index (χ1) is 16.5. The van der Waals surface area contributed by atoms with Crippen molar-refractivity contribution in [1.29, 1.82) is 0 Å². The van der Waals surface area contributed by atoms with Crippen LogP contribution in [0.5, 0.6) is 0 Å². The first-order valence-electron chi connectivity index (χ1n) is 10.1. The van der Waals surface area contributed by atoms with Crippen molar-refractivity contribution in [1.82, 2.24) is 15.2 Å². The summed E-state index contributed by atoms with van der Waals surface area (Å²) in [6.07, 6.45) is 0.569. The second kappa shape index (κ2) is 9.55. The molecule has 35 heavy (non-hydrogen) atoms. The number of carbonyl (C=O) groups excluding carboxylic acids is 1. The maximum Gasteiger partial charge on any atom is 0.338 e. The fourth-order valence-corrected chi connectivity index (χ4v) is 4.83. The van der Waals surface area contributed by atoms with E-state index in [9.17, 15) is 32.3 Å². The van der Waals surface area contributed by atoms with Crippen molar-refractivity contribution in [3.8, 4) is 0 Å². The summed E-state index contributed by atoms with van der Waals surface area (Å²) in [6.45, 7) is -1.30. The van der Waals surface area contributed by atoms with Gasteiger partial charge in [-0.15, -0.1) is 11.3 Å². The molecule has 0 saturated carbocycles. The van der Waals surface area contributed by atoms with Crippen LogP contribution in [-0.2, 0) is 14.3 Å². The number of likely N-dealkylation sites (tertiary alicyclic amines) is 1. The number of rotatable bonds is 6. The van der Waals surface area contributed by atoms with Gasteiger partial charge in [0.05, 0.1) is 19.2 Å². The van der Waals surface area contributed by atoms with Crippen LogP contribution in [0.3, 0.4) is 0 Å². The molecule has 0 bridgehead atoms. The number of carbonyl (C=O) groups is 2. The lowest BCUT2D eigenvalue weighted by Gasteiger charge is -2.30. The number of hydrogen-bond acceptors (Lipinski definition) is 8. The number of benzene rings is 1. The summed E-state index contributed by atoms with van der Waals surface area (Å²) >= 11 is 7.33. The Bertz CT molecular complexity index is 1240. The minimum Gasteiger partial charge on any atom is -0.480 e. The highest BCUT2D eigenvalue weighted by Crippen LogP contribution is 2.39. The van der Waals surface area contributed by atoms with Gasteiger partial charge < -0.3 is 15.2 Å². The van der Waals surface area contributed by atoms with Crippen LogP contribution in [0.25, 0.3) is 0 Å². The van der Waals surface area contributed by atoms with Crippen LogP contribution in [0.2, 0.25) is 5.02 Å². The van der Waals surface area contributed by atoms with E-state index >= 15 is 0 Å². The number of esters is 1. The number of carboxylic acid groups (broad SMARTS) is 1. The van der Waals surface area contributed by atoms with Crippen molar-refractivity contribution < 1.29 is 37.0 Å². The van der Waals surface area contributed by atoms with Gasteiger partial charge in [0, 0.05) is 40.8 Å². The Labute approximate surface area is 204 Å². The molecule has 2 aliphatic rings. The standard InChI is InChI=1S/C21H17ClF4N4O4S/c1-34-20(33)15-13(7-30-8-21(25,26)6-14(30)19(31)32)28-17(18-27-2-3-35-18)29-16(15)9-4-11(23)12(24)5-10(9)22/h2-5,14,16H,6-8H2,1H3,(H,28,29)(H,31,32). The number of ether oxygens (including phenoxy) is 1. The fraction of sp³-hybridized carbons (Fsp3) is 0.333. The molecule has 0 spiro atoms. The van der Waals surface area contributed by atoms with Crippen LogP contribution in [0, 0.1) is 11.6 Å². The molecule has 0 radical (unpaired) electrons. The maximum atomic E-state index is 14.1. The molecule has 1 saturated heterocycles. The molecular weight excluding hydrogens is 516 g/mol. The van der Waals surface area contributed by atoms with Crippen LogP contribution in [-0.4, -0.2) is 64.9 Å². The smallest absolute Gasteiger partial charge is 0.338 e. The number of hydrogen-bond donors (Lipinski definition) is 2. The zero-order valence-corrected chi connectivity index (χ0v) is 19.5. The number of thiazole rings is 1. The minimum absolute atomic E-state index is 0.00759. The highest BCUT2D eigenvalue weighted by Gasteiger charge is 2.49. The normalized spacial score (nSPS) is 22.1. The van der Waals surface area contributed by atoms with Crippen molar-refractivity contribution in [2.45, 2.75) is 24.4 Å². The van der Waals surface area contributed by atoms with Crippen molar-refractivity contribution in [2.24, 2.45) is 4.99 Å². The van der Waals surface area contributed by atoms with Gasteiger partial charge >= 0.3 is 11.9 Å². The van der Waals surface area contributed by atoms with Crippen LogP contribution in [0.15, 0.2) is 40.0 Å². The summed E-state index contributed by atoms with van der Waals surface area (Å²) in [5, 5.41) is 14.1. The van der Waals surface area contributed by atoms with E-state index in [1.165, 1.54) is 6.20 Å². The Morgan fingerprint density at radius 1 is 1.34 bits per heavy atom. The molecule has 2 unspecified atom stereocenters. The van der Waals surface area contributed by atoms with Crippen LogP contribution in [0.1, 0.15) is 23.0 Å². The Kier molecular flexibility index (Phi) is 6.84. The van der Waals surface area contributed by atoms with Crippen molar-refractivity contribution in [3.05, 3.63) is 62.2 Å². The van der Waals surface area contributed by atoms with Crippen LogP contribution in [0.4, 0.5) is 17.6 Å². The number of alkyl halides is 2. The lowest BCUT2D eigenvalue weighted by atomic mass is 9.95. The van der Waals surface area contributed by atoms with Gasteiger partial charge in [0.15, 0.2) is 22.5 Å². The van der Waals surface area contributed by atoms with E-state index < -0.39 is 61.1 Å². The van der Waals surface area contributed by atoms with Crippen LogP contribution < -0.4 is 5.32 Å². The zero-order valence-electron chi connectivity index (χ0n) is 17.9.